The Bertz CT molecular complexity index is 1160. The first-order valence-corrected chi connectivity index (χ1v) is 11.4. The maximum atomic E-state index is 12.3. The van der Waals surface area contributed by atoms with Crippen LogP contribution in [0.1, 0.15) is 29.0 Å². The van der Waals surface area contributed by atoms with Crippen LogP contribution in [0.5, 0.6) is 5.75 Å². The van der Waals surface area contributed by atoms with Crippen molar-refractivity contribution in [3.63, 3.8) is 0 Å². The fourth-order valence-corrected chi connectivity index (χ4v) is 4.41. The zero-order valence-corrected chi connectivity index (χ0v) is 18.5. The lowest BCUT2D eigenvalue weighted by atomic mass is 10.2. The van der Waals surface area contributed by atoms with Gasteiger partial charge in [-0.2, -0.15) is 0 Å². The highest BCUT2D eigenvalue weighted by atomic mass is 79.9. The molecule has 1 fully saturated rings. The Morgan fingerprint density at radius 3 is 2.87 bits per heavy atom. The van der Waals surface area contributed by atoms with Crippen LogP contribution in [0.4, 0.5) is 5.13 Å². The molecule has 0 atom stereocenters. The van der Waals surface area contributed by atoms with Gasteiger partial charge < -0.3 is 14.5 Å². The van der Waals surface area contributed by atoms with E-state index in [1.54, 1.807) is 24.3 Å². The van der Waals surface area contributed by atoms with Gasteiger partial charge in [-0.1, -0.05) is 45.1 Å². The van der Waals surface area contributed by atoms with E-state index in [1.165, 1.54) is 29.2 Å². The molecule has 2 heterocycles. The highest BCUT2D eigenvalue weighted by Crippen LogP contribution is 2.32. The molecule has 1 N–H and O–H groups in total. The third-order valence-corrected chi connectivity index (χ3v) is 6.53. The number of amides is 1. The van der Waals surface area contributed by atoms with E-state index in [1.807, 2.05) is 0 Å². The maximum absolute atomic E-state index is 12.3. The van der Waals surface area contributed by atoms with Gasteiger partial charge in [0.1, 0.15) is 12.0 Å². The molecule has 4 rings (SSSR count). The highest BCUT2D eigenvalue weighted by molar-refractivity contribution is 9.10. The first kappa shape index (κ1) is 20.8. The molecule has 3 aromatic rings. The first-order chi connectivity index (χ1) is 14.5. The summed E-state index contributed by atoms with van der Waals surface area (Å²) < 4.78 is 11.9. The Hall–Kier alpha value is -2.50. The summed E-state index contributed by atoms with van der Waals surface area (Å²) in [5, 5.41) is 11.1. The van der Waals surface area contributed by atoms with Gasteiger partial charge in [0, 0.05) is 16.5 Å². The van der Waals surface area contributed by atoms with E-state index in [0.29, 0.717) is 26.5 Å². The number of esters is 1. The summed E-state index contributed by atoms with van der Waals surface area (Å²) in [6.45, 7) is 0. The standard InChI is InChI=1S/C19H14BrN3O5S2/c20-12-3-1-2-11(6-12)17(26)28-15-8-27-13(7-14(15)24)9-29-19-23-22-18(30-19)21-16(25)10-4-5-10/h1-3,6-8,10H,4-5,9H2,(H,21,22,25). The maximum Gasteiger partial charge on any atom is 0.343 e. The van der Waals surface area contributed by atoms with Crippen molar-refractivity contribution in [2.75, 3.05) is 5.32 Å². The van der Waals surface area contributed by atoms with Crippen LogP contribution >= 0.6 is 39.0 Å². The van der Waals surface area contributed by atoms with Crippen molar-refractivity contribution in [1.82, 2.24) is 10.2 Å². The molecule has 1 amide bonds. The molecule has 1 aliphatic carbocycles. The van der Waals surface area contributed by atoms with Gasteiger partial charge in [0.2, 0.25) is 22.2 Å². The number of carbonyl (C=O) groups is 2. The number of hydrogen-bond donors (Lipinski definition) is 1. The minimum Gasteiger partial charge on any atom is -0.464 e. The van der Waals surface area contributed by atoms with Crippen molar-refractivity contribution in [1.29, 1.82) is 0 Å². The lowest BCUT2D eigenvalue weighted by Crippen LogP contribution is -2.14. The fraction of sp³-hybridized carbons (Fsp3) is 0.211. The van der Waals surface area contributed by atoms with Crippen LogP contribution in [-0.4, -0.2) is 22.1 Å². The number of carbonyl (C=O) groups excluding carboxylic acids is 2. The van der Waals surface area contributed by atoms with Crippen LogP contribution in [0.15, 0.2) is 54.6 Å². The summed E-state index contributed by atoms with van der Waals surface area (Å²) in [4.78, 5) is 36.2. The minimum absolute atomic E-state index is 0.0262. The Morgan fingerprint density at radius 2 is 2.13 bits per heavy atom. The van der Waals surface area contributed by atoms with Gasteiger partial charge in [-0.15, -0.1) is 10.2 Å². The number of anilines is 1. The summed E-state index contributed by atoms with van der Waals surface area (Å²) in [5.41, 5.74) is -0.154. The molecule has 154 valence electrons. The second kappa shape index (κ2) is 9.11. The van der Waals surface area contributed by atoms with Crippen LogP contribution in [0, 0.1) is 5.92 Å². The van der Waals surface area contributed by atoms with E-state index in [0.717, 1.165) is 23.6 Å². The monoisotopic (exact) mass is 507 g/mol. The number of hydrogen-bond acceptors (Lipinski definition) is 9. The molecule has 11 heteroatoms. The zero-order chi connectivity index (χ0) is 21.1. The summed E-state index contributed by atoms with van der Waals surface area (Å²) >= 11 is 5.86. The topological polar surface area (TPSA) is 111 Å². The number of thioether (sulfide) groups is 1. The minimum atomic E-state index is -0.652. The first-order valence-electron chi connectivity index (χ1n) is 8.84. The Morgan fingerprint density at radius 1 is 1.30 bits per heavy atom. The Balaban J connectivity index is 1.34. The van der Waals surface area contributed by atoms with Crippen molar-refractivity contribution in [2.24, 2.45) is 5.92 Å². The van der Waals surface area contributed by atoms with E-state index in [4.69, 9.17) is 9.15 Å². The molecule has 0 spiro atoms. The Kier molecular flexibility index (Phi) is 6.30. The normalized spacial score (nSPS) is 13.1. The summed E-state index contributed by atoms with van der Waals surface area (Å²) in [6, 6.07) is 7.92. The van der Waals surface area contributed by atoms with Crippen molar-refractivity contribution in [2.45, 2.75) is 22.9 Å². The third-order valence-electron chi connectivity index (χ3n) is 4.04. The van der Waals surface area contributed by atoms with E-state index < -0.39 is 11.4 Å². The van der Waals surface area contributed by atoms with Crippen molar-refractivity contribution in [3.8, 4) is 5.75 Å². The SMILES string of the molecule is O=C(Oc1coc(CSc2nnc(NC(=O)C3CC3)s2)cc1=O)c1cccc(Br)c1. The average Bonchev–Trinajstić information content (AvgIpc) is 3.49. The molecule has 2 aromatic heterocycles. The molecule has 0 aliphatic heterocycles. The van der Waals surface area contributed by atoms with Crippen molar-refractivity contribution in [3.05, 3.63) is 62.6 Å². The van der Waals surface area contributed by atoms with Gasteiger partial charge in [0.25, 0.3) is 0 Å². The van der Waals surface area contributed by atoms with Gasteiger partial charge in [0.05, 0.1) is 11.3 Å². The molecule has 0 saturated heterocycles. The fourth-order valence-electron chi connectivity index (χ4n) is 2.37. The van der Waals surface area contributed by atoms with E-state index >= 15 is 0 Å². The largest absolute Gasteiger partial charge is 0.464 e. The molecule has 30 heavy (non-hydrogen) atoms. The number of ether oxygens (including phenoxy) is 1. The third kappa shape index (κ3) is 5.35. The molecule has 0 unspecified atom stereocenters. The molecular weight excluding hydrogens is 494 g/mol. The molecular formula is C19H14BrN3O5S2. The van der Waals surface area contributed by atoms with Gasteiger partial charge in [-0.3, -0.25) is 9.59 Å². The molecule has 8 nitrogen and oxygen atoms in total. The van der Waals surface area contributed by atoms with Gasteiger partial charge in [-0.25, -0.2) is 4.79 Å². The van der Waals surface area contributed by atoms with Crippen LogP contribution in [-0.2, 0) is 10.5 Å². The van der Waals surface area contributed by atoms with Gasteiger partial charge in [0.15, 0.2) is 4.34 Å². The second-order valence-corrected chi connectivity index (χ2v) is 9.52. The van der Waals surface area contributed by atoms with E-state index in [2.05, 4.69) is 31.4 Å². The quantitative estimate of drug-likeness (QED) is 0.288. The van der Waals surface area contributed by atoms with Crippen LogP contribution in [0.2, 0.25) is 0 Å². The number of aromatic nitrogens is 2. The molecule has 0 radical (unpaired) electrons. The highest BCUT2D eigenvalue weighted by Gasteiger charge is 2.30. The van der Waals surface area contributed by atoms with E-state index in [-0.39, 0.29) is 17.6 Å². The Labute approximate surface area is 187 Å². The molecule has 0 bridgehead atoms. The number of halogens is 1. The number of benzene rings is 1. The van der Waals surface area contributed by atoms with Crippen LogP contribution < -0.4 is 15.5 Å². The van der Waals surface area contributed by atoms with Gasteiger partial charge >= 0.3 is 5.97 Å². The predicted octanol–water partition coefficient (Wildman–Crippen LogP) is 4.11. The predicted molar refractivity (Wildman–Crippen MR) is 115 cm³/mol. The number of nitrogens with zero attached hydrogens (tertiary/aromatic N) is 2. The van der Waals surface area contributed by atoms with Gasteiger partial charge in [-0.05, 0) is 31.0 Å². The summed E-state index contributed by atoms with van der Waals surface area (Å²) in [6.07, 6.45) is 2.95. The van der Waals surface area contributed by atoms with Crippen LogP contribution in [0.3, 0.4) is 0 Å². The summed E-state index contributed by atoms with van der Waals surface area (Å²) in [7, 11) is 0. The van der Waals surface area contributed by atoms with Crippen molar-refractivity contribution >= 4 is 56.0 Å². The second-order valence-electron chi connectivity index (χ2n) is 6.40. The smallest absolute Gasteiger partial charge is 0.343 e. The molecule has 1 saturated carbocycles. The zero-order valence-electron chi connectivity index (χ0n) is 15.3. The van der Waals surface area contributed by atoms with E-state index in [9.17, 15) is 14.4 Å². The number of nitrogens with one attached hydrogen (secondary N) is 1. The molecule has 1 aromatic carbocycles. The van der Waals surface area contributed by atoms with Crippen molar-refractivity contribution < 1.29 is 18.7 Å². The van der Waals surface area contributed by atoms with Crippen LogP contribution in [0.25, 0.3) is 0 Å². The lowest BCUT2D eigenvalue weighted by Gasteiger charge is -2.04. The summed E-state index contributed by atoms with van der Waals surface area (Å²) in [5.74, 6) is -0.0431. The number of rotatable bonds is 7. The average molecular weight is 508 g/mol. The lowest BCUT2D eigenvalue weighted by molar-refractivity contribution is -0.117. The molecule has 1 aliphatic rings.